The highest BCUT2D eigenvalue weighted by molar-refractivity contribution is 5.78. The molecule has 1 rings (SSSR count). The molecule has 1 aliphatic rings. The third kappa shape index (κ3) is 5.54. The van der Waals surface area contributed by atoms with Gasteiger partial charge in [-0.2, -0.15) is 13.2 Å². The zero-order chi connectivity index (χ0) is 14.3. The summed E-state index contributed by atoms with van der Waals surface area (Å²) in [6.45, 7) is 0.494. The Labute approximate surface area is 112 Å². The van der Waals surface area contributed by atoms with E-state index < -0.39 is 18.0 Å². The van der Waals surface area contributed by atoms with E-state index in [1.165, 1.54) is 0 Å². The quantitative estimate of drug-likeness (QED) is 0.605. The lowest BCUT2D eigenvalue weighted by Gasteiger charge is -2.29. The van der Waals surface area contributed by atoms with Crippen LogP contribution < -0.4 is 5.32 Å². The van der Waals surface area contributed by atoms with Crippen LogP contribution in [0, 0.1) is 24.2 Å². The van der Waals surface area contributed by atoms with Crippen molar-refractivity contribution in [3.05, 3.63) is 0 Å². The van der Waals surface area contributed by atoms with Crippen LogP contribution >= 0.6 is 0 Å². The van der Waals surface area contributed by atoms with Crippen molar-refractivity contribution < 1.29 is 18.0 Å². The Bertz CT molecular complexity index is 333. The van der Waals surface area contributed by atoms with Gasteiger partial charge in [-0.05, 0) is 32.1 Å². The molecule has 0 bridgehead atoms. The number of nitrogens with one attached hydrogen (secondary N) is 1. The fourth-order valence-corrected chi connectivity index (χ4v) is 2.43. The first-order valence-electron chi connectivity index (χ1n) is 6.73. The van der Waals surface area contributed by atoms with Gasteiger partial charge in [0.05, 0.1) is 5.92 Å². The third-order valence-corrected chi connectivity index (χ3v) is 3.56. The van der Waals surface area contributed by atoms with Crippen molar-refractivity contribution in [1.29, 1.82) is 0 Å². The Hall–Kier alpha value is -1.18. The van der Waals surface area contributed by atoms with Crippen LogP contribution in [-0.2, 0) is 4.79 Å². The molecule has 108 valence electrons. The van der Waals surface area contributed by atoms with Gasteiger partial charge >= 0.3 is 6.18 Å². The molecule has 2 atom stereocenters. The highest BCUT2D eigenvalue weighted by atomic mass is 19.4. The molecule has 1 amide bonds. The molecule has 1 saturated carbocycles. The van der Waals surface area contributed by atoms with Gasteiger partial charge in [-0.3, -0.25) is 4.79 Å². The van der Waals surface area contributed by atoms with Crippen LogP contribution in [-0.4, -0.2) is 18.6 Å². The summed E-state index contributed by atoms with van der Waals surface area (Å²) >= 11 is 0. The number of carbonyl (C=O) groups is 1. The Morgan fingerprint density at radius 2 is 2.05 bits per heavy atom. The van der Waals surface area contributed by atoms with Gasteiger partial charge in [-0.15, -0.1) is 12.3 Å². The average molecular weight is 275 g/mol. The minimum Gasteiger partial charge on any atom is -0.356 e. The zero-order valence-corrected chi connectivity index (χ0v) is 10.9. The number of rotatable bonds is 5. The monoisotopic (exact) mass is 275 g/mol. The fraction of sp³-hybridized carbons (Fsp3) is 0.786. The molecule has 1 fully saturated rings. The molecule has 5 heteroatoms. The van der Waals surface area contributed by atoms with Crippen molar-refractivity contribution in [1.82, 2.24) is 5.32 Å². The molecule has 1 N–H and O–H groups in total. The predicted octanol–water partition coefficient (Wildman–Crippen LogP) is 3.27. The minimum atomic E-state index is -4.17. The Morgan fingerprint density at radius 3 is 2.68 bits per heavy atom. The van der Waals surface area contributed by atoms with Crippen molar-refractivity contribution in [2.75, 3.05) is 6.54 Å². The van der Waals surface area contributed by atoms with E-state index in [2.05, 4.69) is 11.2 Å². The summed E-state index contributed by atoms with van der Waals surface area (Å²) in [6, 6.07) is 0. The van der Waals surface area contributed by atoms with Gasteiger partial charge in [0.25, 0.3) is 0 Å². The second-order valence-electron chi connectivity index (χ2n) is 5.05. The summed E-state index contributed by atoms with van der Waals surface area (Å²) in [6.07, 6.45) is 4.29. The highest BCUT2D eigenvalue weighted by Gasteiger charge is 2.43. The normalized spacial score (nSPS) is 23.7. The first-order valence-corrected chi connectivity index (χ1v) is 6.73. The second kappa shape index (κ2) is 7.42. The van der Waals surface area contributed by atoms with Crippen LogP contribution in [0.5, 0.6) is 0 Å². The number of carbonyl (C=O) groups excluding carboxylic acids is 1. The standard InChI is InChI=1S/C14H20F3NO/c1-2-3-4-5-9-18-13(19)11-7-6-8-12(10-11)14(15,16)17/h1,11-12H,3-10H2,(H,18,19). The van der Waals surface area contributed by atoms with Crippen LogP contribution in [0.1, 0.15) is 44.9 Å². The lowest BCUT2D eigenvalue weighted by atomic mass is 9.80. The van der Waals surface area contributed by atoms with Gasteiger partial charge in [0, 0.05) is 18.9 Å². The van der Waals surface area contributed by atoms with E-state index in [0.717, 1.165) is 12.8 Å². The molecule has 0 saturated heterocycles. The van der Waals surface area contributed by atoms with Crippen LogP contribution in [0.15, 0.2) is 0 Å². The first kappa shape index (κ1) is 15.9. The van der Waals surface area contributed by atoms with E-state index in [0.29, 0.717) is 25.8 Å². The summed E-state index contributed by atoms with van der Waals surface area (Å²) in [5.74, 6) is 0.449. The van der Waals surface area contributed by atoms with Crippen LogP contribution in [0.2, 0.25) is 0 Å². The van der Waals surface area contributed by atoms with E-state index in [4.69, 9.17) is 6.42 Å². The maximum absolute atomic E-state index is 12.6. The summed E-state index contributed by atoms with van der Waals surface area (Å²) in [7, 11) is 0. The number of amides is 1. The molecule has 0 radical (unpaired) electrons. The van der Waals surface area contributed by atoms with E-state index in [1.807, 2.05) is 0 Å². The van der Waals surface area contributed by atoms with Crippen molar-refractivity contribution in [2.24, 2.45) is 11.8 Å². The molecule has 2 nitrogen and oxygen atoms in total. The molecule has 0 spiro atoms. The molecular weight excluding hydrogens is 255 g/mol. The summed E-state index contributed by atoms with van der Waals surface area (Å²) in [5.41, 5.74) is 0. The van der Waals surface area contributed by atoms with Gasteiger partial charge in [0.1, 0.15) is 0 Å². The summed E-state index contributed by atoms with van der Waals surface area (Å²) in [4.78, 5) is 11.8. The lowest BCUT2D eigenvalue weighted by molar-refractivity contribution is -0.186. The number of hydrogen-bond donors (Lipinski definition) is 1. The van der Waals surface area contributed by atoms with Gasteiger partial charge in [-0.25, -0.2) is 0 Å². The topological polar surface area (TPSA) is 29.1 Å². The van der Waals surface area contributed by atoms with E-state index >= 15 is 0 Å². The number of alkyl halides is 3. The SMILES string of the molecule is C#CCCCCNC(=O)C1CCCC(C(F)(F)F)C1. The third-order valence-electron chi connectivity index (χ3n) is 3.56. The van der Waals surface area contributed by atoms with Crippen LogP contribution in [0.3, 0.4) is 0 Å². The van der Waals surface area contributed by atoms with Crippen molar-refractivity contribution >= 4 is 5.91 Å². The summed E-state index contributed by atoms with van der Waals surface area (Å²) < 4.78 is 37.9. The molecule has 1 aliphatic carbocycles. The van der Waals surface area contributed by atoms with Crippen molar-refractivity contribution in [3.8, 4) is 12.3 Å². The zero-order valence-electron chi connectivity index (χ0n) is 10.9. The van der Waals surface area contributed by atoms with Crippen molar-refractivity contribution in [2.45, 2.75) is 51.1 Å². The van der Waals surface area contributed by atoms with E-state index in [9.17, 15) is 18.0 Å². The van der Waals surface area contributed by atoms with Crippen molar-refractivity contribution in [3.63, 3.8) is 0 Å². The molecule has 0 aromatic heterocycles. The largest absolute Gasteiger partial charge is 0.391 e. The predicted molar refractivity (Wildman–Crippen MR) is 67.2 cm³/mol. The molecular formula is C14H20F3NO. The Kier molecular flexibility index (Phi) is 6.20. The Balaban J connectivity index is 2.30. The lowest BCUT2D eigenvalue weighted by Crippen LogP contribution is -2.37. The van der Waals surface area contributed by atoms with Crippen LogP contribution in [0.25, 0.3) is 0 Å². The number of halogens is 3. The number of unbranched alkanes of at least 4 members (excludes halogenated alkanes) is 2. The highest BCUT2D eigenvalue weighted by Crippen LogP contribution is 2.39. The average Bonchev–Trinajstić information content (AvgIpc) is 2.37. The molecule has 19 heavy (non-hydrogen) atoms. The van der Waals surface area contributed by atoms with Gasteiger partial charge in [0.2, 0.25) is 5.91 Å². The van der Waals surface area contributed by atoms with E-state index in [-0.39, 0.29) is 18.7 Å². The fourth-order valence-electron chi connectivity index (χ4n) is 2.43. The molecule has 2 unspecified atom stereocenters. The maximum Gasteiger partial charge on any atom is 0.391 e. The smallest absolute Gasteiger partial charge is 0.356 e. The number of terminal acetylenes is 1. The molecule has 0 aromatic carbocycles. The van der Waals surface area contributed by atoms with Gasteiger partial charge < -0.3 is 5.32 Å². The minimum absolute atomic E-state index is 0.0698. The van der Waals surface area contributed by atoms with Gasteiger partial charge in [0.15, 0.2) is 0 Å². The first-order chi connectivity index (χ1) is 8.95. The molecule has 0 heterocycles. The summed E-state index contributed by atoms with van der Waals surface area (Å²) in [5, 5.41) is 2.71. The van der Waals surface area contributed by atoms with Crippen LogP contribution in [0.4, 0.5) is 13.2 Å². The number of hydrogen-bond acceptors (Lipinski definition) is 1. The maximum atomic E-state index is 12.6. The second-order valence-corrected chi connectivity index (χ2v) is 5.05. The van der Waals surface area contributed by atoms with E-state index in [1.54, 1.807) is 0 Å². The van der Waals surface area contributed by atoms with Gasteiger partial charge in [-0.1, -0.05) is 6.42 Å². The molecule has 0 aliphatic heterocycles. The Morgan fingerprint density at radius 1 is 1.32 bits per heavy atom. The molecule has 0 aromatic rings.